The zero-order valence-corrected chi connectivity index (χ0v) is 20.1. The number of ether oxygens (including phenoxy) is 1. The molecule has 2 aromatic carbocycles. The second kappa shape index (κ2) is 9.10. The third-order valence-electron chi connectivity index (χ3n) is 5.06. The van der Waals surface area contributed by atoms with Crippen molar-refractivity contribution in [2.24, 2.45) is 0 Å². The number of amides is 2. The SMILES string of the molecule is CCC1Oc2ccc(-c3nc(C)sc3C)cc2N(CC(=O)Nc2cc(Cl)cc(Cl)c2)C1=O. The van der Waals surface area contributed by atoms with Crippen LogP contribution in [0.2, 0.25) is 10.0 Å². The quantitative estimate of drug-likeness (QED) is 0.485. The maximum Gasteiger partial charge on any atom is 0.268 e. The van der Waals surface area contributed by atoms with Gasteiger partial charge in [-0.05, 0) is 56.7 Å². The van der Waals surface area contributed by atoms with Crippen LogP contribution in [0.3, 0.4) is 0 Å². The largest absolute Gasteiger partial charge is 0.478 e. The summed E-state index contributed by atoms with van der Waals surface area (Å²) in [6, 6.07) is 10.4. The maximum atomic E-state index is 13.1. The van der Waals surface area contributed by atoms with Gasteiger partial charge in [0.1, 0.15) is 12.3 Å². The summed E-state index contributed by atoms with van der Waals surface area (Å²) >= 11 is 13.7. The lowest BCUT2D eigenvalue weighted by Crippen LogP contribution is -2.48. The van der Waals surface area contributed by atoms with Crippen LogP contribution in [0.5, 0.6) is 5.75 Å². The summed E-state index contributed by atoms with van der Waals surface area (Å²) in [6.07, 6.45) is -0.156. The fraction of sp³-hybridized carbons (Fsp3) is 0.261. The molecule has 2 amide bonds. The number of benzene rings is 2. The average molecular weight is 490 g/mol. The predicted octanol–water partition coefficient (Wildman–Crippen LogP) is 5.88. The van der Waals surface area contributed by atoms with Gasteiger partial charge in [0.2, 0.25) is 5.91 Å². The monoisotopic (exact) mass is 489 g/mol. The topological polar surface area (TPSA) is 71.5 Å². The molecule has 4 rings (SSSR count). The molecule has 1 unspecified atom stereocenters. The van der Waals surface area contributed by atoms with Gasteiger partial charge in [0.15, 0.2) is 6.10 Å². The average Bonchev–Trinajstić information content (AvgIpc) is 3.06. The van der Waals surface area contributed by atoms with Crippen LogP contribution in [0.15, 0.2) is 36.4 Å². The Kier molecular flexibility index (Phi) is 6.42. The van der Waals surface area contributed by atoms with Gasteiger partial charge in [-0.2, -0.15) is 0 Å². The van der Waals surface area contributed by atoms with Crippen molar-refractivity contribution >= 4 is 57.7 Å². The molecule has 1 atom stereocenters. The van der Waals surface area contributed by atoms with E-state index in [0.29, 0.717) is 33.6 Å². The Labute approximate surface area is 200 Å². The number of fused-ring (bicyclic) bond motifs is 1. The Morgan fingerprint density at radius 1 is 1.19 bits per heavy atom. The van der Waals surface area contributed by atoms with Gasteiger partial charge in [-0.1, -0.05) is 30.1 Å². The summed E-state index contributed by atoms with van der Waals surface area (Å²) in [5, 5.41) is 4.54. The highest BCUT2D eigenvalue weighted by Crippen LogP contribution is 2.39. The van der Waals surface area contributed by atoms with Crippen LogP contribution >= 0.6 is 34.5 Å². The van der Waals surface area contributed by atoms with Crippen LogP contribution in [0, 0.1) is 13.8 Å². The molecule has 2 heterocycles. The Balaban J connectivity index is 1.66. The molecule has 0 aliphatic carbocycles. The summed E-state index contributed by atoms with van der Waals surface area (Å²) in [5.74, 6) is -0.0727. The molecule has 166 valence electrons. The number of hydrogen-bond acceptors (Lipinski definition) is 5. The summed E-state index contributed by atoms with van der Waals surface area (Å²) in [7, 11) is 0. The fourth-order valence-corrected chi connectivity index (χ4v) is 5.03. The molecule has 0 bridgehead atoms. The van der Waals surface area contributed by atoms with Crippen LogP contribution in [0.25, 0.3) is 11.3 Å². The molecule has 32 heavy (non-hydrogen) atoms. The Morgan fingerprint density at radius 3 is 2.53 bits per heavy atom. The highest BCUT2D eigenvalue weighted by Gasteiger charge is 2.35. The van der Waals surface area contributed by atoms with Crippen LogP contribution < -0.4 is 15.0 Å². The van der Waals surface area contributed by atoms with Crippen molar-refractivity contribution in [3.05, 3.63) is 56.3 Å². The second-order valence-corrected chi connectivity index (χ2v) is 9.75. The molecule has 1 aliphatic heterocycles. The van der Waals surface area contributed by atoms with Crippen molar-refractivity contribution < 1.29 is 14.3 Å². The molecule has 0 radical (unpaired) electrons. The van der Waals surface area contributed by atoms with Crippen molar-refractivity contribution in [2.45, 2.75) is 33.3 Å². The smallest absolute Gasteiger partial charge is 0.268 e. The standard InChI is InChI=1S/C23H21Cl2N3O3S/c1-4-19-23(30)28(11-21(29)27-17-9-15(24)8-16(25)10-17)18-7-14(5-6-20(18)31-19)22-12(2)32-13(3)26-22/h5-10,19H,4,11H2,1-3H3,(H,27,29). The number of nitrogens with zero attached hydrogens (tertiary/aromatic N) is 2. The molecule has 0 spiro atoms. The summed E-state index contributed by atoms with van der Waals surface area (Å²) < 4.78 is 5.91. The summed E-state index contributed by atoms with van der Waals surface area (Å²) in [5.41, 5.74) is 2.73. The summed E-state index contributed by atoms with van der Waals surface area (Å²) in [4.78, 5) is 33.1. The van der Waals surface area contributed by atoms with Crippen LogP contribution in [-0.4, -0.2) is 29.4 Å². The van der Waals surface area contributed by atoms with Crippen molar-refractivity contribution in [3.8, 4) is 17.0 Å². The first-order chi connectivity index (χ1) is 15.2. The zero-order chi connectivity index (χ0) is 23.0. The first kappa shape index (κ1) is 22.6. The minimum Gasteiger partial charge on any atom is -0.478 e. The molecule has 1 aliphatic rings. The van der Waals surface area contributed by atoms with Gasteiger partial charge >= 0.3 is 0 Å². The van der Waals surface area contributed by atoms with Gasteiger partial charge in [-0.25, -0.2) is 4.98 Å². The molecular formula is C23H21Cl2N3O3S. The van der Waals surface area contributed by atoms with Crippen LogP contribution in [0.1, 0.15) is 23.2 Å². The first-order valence-corrected chi connectivity index (χ1v) is 11.6. The van der Waals surface area contributed by atoms with E-state index in [1.165, 1.54) is 4.90 Å². The Bertz CT molecular complexity index is 1190. The van der Waals surface area contributed by atoms with Crippen LogP contribution in [0.4, 0.5) is 11.4 Å². The van der Waals surface area contributed by atoms with E-state index in [0.717, 1.165) is 21.1 Å². The van der Waals surface area contributed by atoms with E-state index in [1.807, 2.05) is 39.0 Å². The van der Waals surface area contributed by atoms with Crippen molar-refractivity contribution in [1.29, 1.82) is 0 Å². The van der Waals surface area contributed by atoms with E-state index >= 15 is 0 Å². The predicted molar refractivity (Wildman–Crippen MR) is 129 cm³/mol. The Hall–Kier alpha value is -2.61. The molecule has 9 heteroatoms. The molecule has 3 aromatic rings. The third-order valence-corrected chi connectivity index (χ3v) is 6.38. The number of aromatic nitrogens is 1. The molecule has 0 fully saturated rings. The van der Waals surface area contributed by atoms with Gasteiger partial charge in [0.25, 0.3) is 5.91 Å². The molecule has 1 aromatic heterocycles. The molecular weight excluding hydrogens is 469 g/mol. The maximum absolute atomic E-state index is 13.1. The highest BCUT2D eigenvalue weighted by atomic mass is 35.5. The van der Waals surface area contributed by atoms with Gasteiger partial charge in [-0.3, -0.25) is 14.5 Å². The lowest BCUT2D eigenvalue weighted by molar-refractivity contribution is -0.128. The van der Waals surface area contributed by atoms with E-state index in [2.05, 4.69) is 10.3 Å². The number of nitrogens with one attached hydrogen (secondary N) is 1. The summed E-state index contributed by atoms with van der Waals surface area (Å²) in [6.45, 7) is 5.66. The van der Waals surface area contributed by atoms with Gasteiger partial charge in [0, 0.05) is 26.2 Å². The van der Waals surface area contributed by atoms with E-state index in [1.54, 1.807) is 29.5 Å². The molecule has 0 saturated heterocycles. The van der Waals surface area contributed by atoms with Crippen molar-refractivity contribution in [1.82, 2.24) is 4.98 Å². The molecule has 1 N–H and O–H groups in total. The van der Waals surface area contributed by atoms with Gasteiger partial charge < -0.3 is 10.1 Å². The van der Waals surface area contributed by atoms with E-state index in [4.69, 9.17) is 27.9 Å². The molecule has 0 saturated carbocycles. The zero-order valence-electron chi connectivity index (χ0n) is 17.7. The lowest BCUT2D eigenvalue weighted by Gasteiger charge is -2.34. The van der Waals surface area contributed by atoms with E-state index in [-0.39, 0.29) is 18.4 Å². The van der Waals surface area contributed by atoms with Crippen molar-refractivity contribution in [3.63, 3.8) is 0 Å². The number of carbonyl (C=O) groups excluding carboxylic acids is 2. The fourth-order valence-electron chi connectivity index (χ4n) is 3.66. The molecule has 6 nitrogen and oxygen atoms in total. The number of carbonyl (C=O) groups is 2. The number of anilines is 2. The number of hydrogen-bond donors (Lipinski definition) is 1. The number of rotatable bonds is 5. The second-order valence-electron chi connectivity index (χ2n) is 7.47. The van der Waals surface area contributed by atoms with E-state index in [9.17, 15) is 9.59 Å². The third kappa shape index (κ3) is 4.60. The number of halogens is 2. The normalized spacial score (nSPS) is 15.3. The van der Waals surface area contributed by atoms with E-state index < -0.39 is 6.10 Å². The van der Waals surface area contributed by atoms with Crippen molar-refractivity contribution in [2.75, 3.05) is 16.8 Å². The highest BCUT2D eigenvalue weighted by molar-refractivity contribution is 7.11. The Morgan fingerprint density at radius 2 is 1.91 bits per heavy atom. The van der Waals surface area contributed by atoms with Gasteiger partial charge in [0.05, 0.1) is 16.4 Å². The number of aryl methyl sites for hydroxylation is 2. The minimum absolute atomic E-state index is 0.172. The van der Waals surface area contributed by atoms with Gasteiger partial charge in [-0.15, -0.1) is 11.3 Å². The lowest BCUT2D eigenvalue weighted by atomic mass is 10.1. The van der Waals surface area contributed by atoms with Crippen LogP contribution in [-0.2, 0) is 9.59 Å². The first-order valence-electron chi connectivity index (χ1n) is 10.1. The number of thiazole rings is 1. The minimum atomic E-state index is -0.648.